The third kappa shape index (κ3) is 5.46. The van der Waals surface area contributed by atoms with Gasteiger partial charge in [-0.2, -0.15) is 0 Å². The summed E-state index contributed by atoms with van der Waals surface area (Å²) in [6, 6.07) is 65.6. The smallest absolute Gasteiger partial charge is 0.0546 e. The largest absolute Gasteiger partial charge is 0.310 e. The van der Waals surface area contributed by atoms with Crippen molar-refractivity contribution in [1.82, 2.24) is 0 Å². The minimum absolute atomic E-state index is 0.168. The molecule has 2 aliphatic carbocycles. The molecule has 0 saturated carbocycles. The Morgan fingerprint density at radius 2 is 1.04 bits per heavy atom. The van der Waals surface area contributed by atoms with E-state index in [1.807, 2.05) is 0 Å². The molecular formula is C53H43N. The maximum absolute atomic E-state index is 2.49. The van der Waals surface area contributed by atoms with Crippen molar-refractivity contribution in [1.29, 1.82) is 0 Å². The number of benzene rings is 8. The van der Waals surface area contributed by atoms with E-state index in [2.05, 4.69) is 195 Å². The van der Waals surface area contributed by atoms with E-state index >= 15 is 0 Å². The summed E-state index contributed by atoms with van der Waals surface area (Å²) in [6.07, 6.45) is 4.98. The molecule has 2 aliphatic rings. The molecule has 0 N–H and O–H groups in total. The van der Waals surface area contributed by atoms with Crippen LogP contribution in [-0.2, 0) is 18.3 Å². The third-order valence-electron chi connectivity index (χ3n) is 12.0. The number of hydrogen-bond donors (Lipinski definition) is 0. The second-order valence-corrected chi connectivity index (χ2v) is 15.6. The summed E-state index contributed by atoms with van der Waals surface area (Å²) in [5, 5.41) is 2.46. The lowest BCUT2D eigenvalue weighted by molar-refractivity contribution is 0.660. The number of fused-ring (bicyclic) bond motifs is 5. The molecule has 0 saturated heterocycles. The quantitative estimate of drug-likeness (QED) is 0.168. The maximum atomic E-state index is 2.49. The van der Waals surface area contributed by atoms with Gasteiger partial charge in [0, 0.05) is 22.4 Å². The standard InChI is InChI=1S/C53H43N/c1-53(2)49-23-13-22-46(38-15-5-3-6-16-38)52(49)47-31-30-45(35-50(47)53)54(44-28-26-37(27-29-44)43-25-24-36-14-9-10-19-40(36)32-43)51-34-42-21-12-11-20-41(42)33-48(51)39-17-7-4-8-18-39/h3-8,11-13,15-18,20-35H,9-10,14,19H2,1-2H3. The fraction of sp³-hybridized carbons (Fsp3) is 0.132. The summed E-state index contributed by atoms with van der Waals surface area (Å²) in [6.45, 7) is 4.78. The zero-order valence-corrected chi connectivity index (χ0v) is 31.0. The molecule has 0 fully saturated rings. The minimum atomic E-state index is -0.168. The third-order valence-corrected chi connectivity index (χ3v) is 12.0. The van der Waals surface area contributed by atoms with E-state index < -0.39 is 0 Å². The summed E-state index contributed by atoms with van der Waals surface area (Å²) >= 11 is 0. The van der Waals surface area contributed by atoms with Crippen LogP contribution in [0.25, 0.3) is 55.3 Å². The van der Waals surface area contributed by atoms with Crippen molar-refractivity contribution in [2.45, 2.75) is 44.9 Å². The van der Waals surface area contributed by atoms with Gasteiger partial charge in [-0.15, -0.1) is 0 Å². The van der Waals surface area contributed by atoms with E-state index in [1.165, 1.54) is 109 Å². The summed E-state index contributed by atoms with van der Waals surface area (Å²) in [5.41, 5.74) is 19.3. The first-order valence-corrected chi connectivity index (χ1v) is 19.5. The highest BCUT2D eigenvalue weighted by atomic mass is 15.1. The summed E-state index contributed by atoms with van der Waals surface area (Å²) in [7, 11) is 0. The molecule has 0 radical (unpaired) electrons. The highest BCUT2D eigenvalue weighted by molar-refractivity contribution is 5.99. The van der Waals surface area contributed by atoms with E-state index in [9.17, 15) is 0 Å². The Labute approximate surface area is 319 Å². The van der Waals surface area contributed by atoms with Crippen LogP contribution in [0.15, 0.2) is 176 Å². The summed E-state index contributed by atoms with van der Waals surface area (Å²) in [5.74, 6) is 0. The van der Waals surface area contributed by atoms with Crippen LogP contribution < -0.4 is 4.90 Å². The molecule has 0 heterocycles. The number of rotatable bonds is 6. The van der Waals surface area contributed by atoms with Crippen molar-refractivity contribution < 1.29 is 0 Å². The minimum Gasteiger partial charge on any atom is -0.310 e. The molecular weight excluding hydrogens is 651 g/mol. The van der Waals surface area contributed by atoms with E-state index in [0.29, 0.717) is 0 Å². The van der Waals surface area contributed by atoms with Crippen LogP contribution in [0.3, 0.4) is 0 Å². The topological polar surface area (TPSA) is 3.24 Å². The predicted molar refractivity (Wildman–Crippen MR) is 229 cm³/mol. The molecule has 0 bridgehead atoms. The van der Waals surface area contributed by atoms with Gasteiger partial charge in [-0.25, -0.2) is 0 Å². The fourth-order valence-corrected chi connectivity index (χ4v) is 9.18. The van der Waals surface area contributed by atoms with Gasteiger partial charge in [0.05, 0.1) is 5.69 Å². The molecule has 10 rings (SSSR count). The highest BCUT2D eigenvalue weighted by Crippen LogP contribution is 2.54. The van der Waals surface area contributed by atoms with Crippen LogP contribution in [0, 0.1) is 0 Å². The zero-order chi connectivity index (χ0) is 36.2. The molecule has 260 valence electrons. The molecule has 0 aromatic heterocycles. The lowest BCUT2D eigenvalue weighted by Crippen LogP contribution is -2.17. The van der Waals surface area contributed by atoms with Crippen molar-refractivity contribution in [2.24, 2.45) is 0 Å². The first-order valence-electron chi connectivity index (χ1n) is 19.5. The zero-order valence-electron chi connectivity index (χ0n) is 31.0. The average Bonchev–Trinajstić information content (AvgIpc) is 3.47. The Bertz CT molecular complexity index is 2670. The van der Waals surface area contributed by atoms with Gasteiger partial charge in [0.1, 0.15) is 0 Å². The van der Waals surface area contributed by atoms with Crippen molar-refractivity contribution >= 4 is 27.8 Å². The van der Waals surface area contributed by atoms with E-state index in [4.69, 9.17) is 0 Å². The second-order valence-electron chi connectivity index (χ2n) is 15.6. The first-order chi connectivity index (χ1) is 26.5. The van der Waals surface area contributed by atoms with E-state index in [1.54, 1.807) is 0 Å². The van der Waals surface area contributed by atoms with Gasteiger partial charge in [0.15, 0.2) is 0 Å². The number of anilines is 3. The number of hydrogen-bond acceptors (Lipinski definition) is 1. The van der Waals surface area contributed by atoms with Crippen molar-refractivity contribution in [2.75, 3.05) is 4.90 Å². The second kappa shape index (κ2) is 13.0. The van der Waals surface area contributed by atoms with Gasteiger partial charge >= 0.3 is 0 Å². The van der Waals surface area contributed by atoms with Crippen molar-refractivity contribution in [3.63, 3.8) is 0 Å². The molecule has 0 aliphatic heterocycles. The van der Waals surface area contributed by atoms with Gasteiger partial charge in [-0.3, -0.25) is 0 Å². The van der Waals surface area contributed by atoms with Crippen LogP contribution in [0.2, 0.25) is 0 Å². The number of nitrogens with zero attached hydrogens (tertiary/aromatic N) is 1. The van der Waals surface area contributed by atoms with Crippen molar-refractivity contribution in [3.8, 4) is 44.5 Å². The normalized spacial score (nSPS) is 14.0. The summed E-state index contributed by atoms with van der Waals surface area (Å²) in [4.78, 5) is 2.49. The fourth-order valence-electron chi connectivity index (χ4n) is 9.18. The van der Waals surface area contributed by atoms with Gasteiger partial charge in [-0.05, 0) is 134 Å². The van der Waals surface area contributed by atoms with Gasteiger partial charge < -0.3 is 4.90 Å². The molecule has 8 aromatic carbocycles. The molecule has 0 amide bonds. The van der Waals surface area contributed by atoms with Gasteiger partial charge in [-0.1, -0.05) is 153 Å². The predicted octanol–water partition coefficient (Wildman–Crippen LogP) is 14.5. The van der Waals surface area contributed by atoms with Crippen LogP contribution in [0.1, 0.15) is 48.9 Å². The summed E-state index contributed by atoms with van der Waals surface area (Å²) < 4.78 is 0. The molecule has 8 aromatic rings. The highest BCUT2D eigenvalue weighted by Gasteiger charge is 2.37. The lowest BCUT2D eigenvalue weighted by atomic mass is 9.81. The van der Waals surface area contributed by atoms with Crippen LogP contribution in [-0.4, -0.2) is 0 Å². The lowest BCUT2D eigenvalue weighted by Gasteiger charge is -2.30. The molecule has 1 nitrogen and oxygen atoms in total. The van der Waals surface area contributed by atoms with E-state index in [0.717, 1.165) is 11.4 Å². The van der Waals surface area contributed by atoms with E-state index in [-0.39, 0.29) is 5.41 Å². The average molecular weight is 694 g/mol. The Morgan fingerprint density at radius 3 is 1.78 bits per heavy atom. The maximum Gasteiger partial charge on any atom is 0.0546 e. The molecule has 1 heteroatoms. The Kier molecular flexibility index (Phi) is 7.84. The Morgan fingerprint density at radius 1 is 0.407 bits per heavy atom. The molecule has 0 spiro atoms. The molecule has 0 atom stereocenters. The number of aryl methyl sites for hydroxylation is 2. The van der Waals surface area contributed by atoms with Gasteiger partial charge in [0.25, 0.3) is 0 Å². The Balaban J connectivity index is 1.17. The molecule has 54 heavy (non-hydrogen) atoms. The van der Waals surface area contributed by atoms with Crippen LogP contribution in [0.4, 0.5) is 17.1 Å². The van der Waals surface area contributed by atoms with Gasteiger partial charge in [0.2, 0.25) is 0 Å². The van der Waals surface area contributed by atoms with Crippen LogP contribution in [0.5, 0.6) is 0 Å². The van der Waals surface area contributed by atoms with Crippen LogP contribution >= 0.6 is 0 Å². The first kappa shape index (κ1) is 32.5. The SMILES string of the molecule is CC1(C)c2cc(N(c3ccc(-c4ccc5c(c4)CCCC5)cc3)c3cc4ccccc4cc3-c3ccccc3)ccc2-c2c(-c3ccccc3)cccc21. The molecule has 0 unspecified atom stereocenters. The Hall–Kier alpha value is -6.18. The monoisotopic (exact) mass is 693 g/mol. The van der Waals surface area contributed by atoms with Crippen molar-refractivity contribution in [3.05, 3.63) is 198 Å².